The van der Waals surface area contributed by atoms with Crippen molar-refractivity contribution in [3.05, 3.63) is 59.2 Å². The molecule has 2 atom stereocenters. The largest absolute Gasteiger partial charge is 0.379 e. The third-order valence-corrected chi connectivity index (χ3v) is 4.36. The van der Waals surface area contributed by atoms with Crippen LogP contribution in [0.15, 0.2) is 36.8 Å². The lowest BCUT2D eigenvalue weighted by atomic mass is 9.95. The maximum Gasteiger partial charge on any atom is 0.253 e. The molecule has 3 heterocycles. The fourth-order valence-corrected chi connectivity index (χ4v) is 2.80. The molecule has 2 aromatic heterocycles. The molecule has 2 aromatic rings. The van der Waals surface area contributed by atoms with Gasteiger partial charge in [0.2, 0.25) is 0 Å². The molecule has 0 aliphatic carbocycles. The van der Waals surface area contributed by atoms with Crippen molar-refractivity contribution in [1.82, 2.24) is 15.3 Å². The second kappa shape index (κ2) is 6.87. The van der Waals surface area contributed by atoms with Gasteiger partial charge in [0.15, 0.2) is 0 Å². The fourth-order valence-electron chi connectivity index (χ4n) is 2.80. The molecule has 0 radical (unpaired) electrons. The predicted octanol–water partition coefficient (Wildman–Crippen LogP) is 2.08. The number of carbonyl (C=O) groups excluding carboxylic acids is 1. The minimum Gasteiger partial charge on any atom is -0.379 e. The van der Waals surface area contributed by atoms with Crippen LogP contribution in [0.4, 0.5) is 0 Å². The van der Waals surface area contributed by atoms with Crippen LogP contribution >= 0.6 is 0 Å². The summed E-state index contributed by atoms with van der Waals surface area (Å²) >= 11 is 0. The Labute approximate surface area is 136 Å². The van der Waals surface area contributed by atoms with Crippen LogP contribution in [-0.4, -0.2) is 35.1 Å². The number of nitrogens with zero attached hydrogens (tertiary/aromatic N) is 2. The molecule has 0 saturated carbocycles. The van der Waals surface area contributed by atoms with E-state index in [2.05, 4.69) is 15.3 Å². The number of aromatic nitrogens is 2. The van der Waals surface area contributed by atoms with E-state index in [0.29, 0.717) is 18.8 Å². The molecule has 120 valence electrons. The summed E-state index contributed by atoms with van der Waals surface area (Å²) in [6.07, 6.45) is 6.09. The molecule has 0 bridgehead atoms. The van der Waals surface area contributed by atoms with E-state index < -0.39 is 0 Å². The third-order valence-electron chi connectivity index (χ3n) is 4.36. The Balaban J connectivity index is 1.66. The summed E-state index contributed by atoms with van der Waals surface area (Å²) in [6, 6.07) is 5.91. The van der Waals surface area contributed by atoms with E-state index in [0.717, 1.165) is 17.7 Å². The van der Waals surface area contributed by atoms with Crippen molar-refractivity contribution in [3.8, 4) is 0 Å². The molecule has 0 aromatic carbocycles. The number of hydrogen-bond acceptors (Lipinski definition) is 4. The second-order valence-electron chi connectivity index (χ2n) is 6.06. The van der Waals surface area contributed by atoms with E-state index in [4.69, 9.17) is 4.74 Å². The first kappa shape index (κ1) is 15.6. The number of pyridine rings is 2. The van der Waals surface area contributed by atoms with E-state index in [9.17, 15) is 4.79 Å². The van der Waals surface area contributed by atoms with Gasteiger partial charge >= 0.3 is 0 Å². The molecular formula is C18H21N3O2. The van der Waals surface area contributed by atoms with Crippen LogP contribution in [0.25, 0.3) is 0 Å². The van der Waals surface area contributed by atoms with Gasteiger partial charge < -0.3 is 10.1 Å². The van der Waals surface area contributed by atoms with Crippen LogP contribution in [0, 0.1) is 19.8 Å². The first-order chi connectivity index (χ1) is 11.1. The summed E-state index contributed by atoms with van der Waals surface area (Å²) in [7, 11) is 0. The Morgan fingerprint density at radius 1 is 1.30 bits per heavy atom. The lowest BCUT2D eigenvalue weighted by molar-refractivity contribution is 0.0924. The van der Waals surface area contributed by atoms with Gasteiger partial charge in [-0.1, -0.05) is 0 Å². The normalized spacial score (nSPS) is 20.4. The van der Waals surface area contributed by atoms with Crippen molar-refractivity contribution in [2.75, 3.05) is 13.2 Å². The Morgan fingerprint density at radius 2 is 2.09 bits per heavy atom. The number of rotatable bonds is 4. The zero-order valence-corrected chi connectivity index (χ0v) is 13.5. The number of aryl methyl sites for hydroxylation is 2. The number of hydrogen-bond donors (Lipinski definition) is 1. The zero-order valence-electron chi connectivity index (χ0n) is 13.5. The first-order valence-corrected chi connectivity index (χ1v) is 7.84. The molecule has 0 spiro atoms. The molecule has 1 amide bonds. The highest BCUT2D eigenvalue weighted by atomic mass is 16.5. The topological polar surface area (TPSA) is 64.1 Å². The summed E-state index contributed by atoms with van der Waals surface area (Å²) in [6.45, 7) is 5.12. The maximum atomic E-state index is 12.4. The van der Waals surface area contributed by atoms with Gasteiger partial charge in [0.05, 0.1) is 24.8 Å². The van der Waals surface area contributed by atoms with E-state index in [-0.39, 0.29) is 17.9 Å². The summed E-state index contributed by atoms with van der Waals surface area (Å²) in [4.78, 5) is 20.7. The van der Waals surface area contributed by atoms with Crippen LogP contribution in [0.3, 0.4) is 0 Å². The average molecular weight is 311 g/mol. The smallest absolute Gasteiger partial charge is 0.253 e. The van der Waals surface area contributed by atoms with Crippen molar-refractivity contribution >= 4 is 5.91 Å². The van der Waals surface area contributed by atoms with Gasteiger partial charge in [-0.2, -0.15) is 0 Å². The molecule has 5 nitrogen and oxygen atoms in total. The maximum absolute atomic E-state index is 12.4. The summed E-state index contributed by atoms with van der Waals surface area (Å²) in [5, 5.41) is 3.09. The fraction of sp³-hybridized carbons (Fsp3) is 0.389. The summed E-state index contributed by atoms with van der Waals surface area (Å²) < 4.78 is 5.58. The number of nitrogens with one attached hydrogen (secondary N) is 1. The van der Waals surface area contributed by atoms with E-state index in [1.807, 2.05) is 32.0 Å². The molecule has 0 unspecified atom stereocenters. The van der Waals surface area contributed by atoms with Gasteiger partial charge in [-0.3, -0.25) is 14.8 Å². The van der Waals surface area contributed by atoms with Gasteiger partial charge in [-0.15, -0.1) is 0 Å². The molecule has 1 aliphatic rings. The van der Waals surface area contributed by atoms with Gasteiger partial charge in [0.25, 0.3) is 5.91 Å². The third kappa shape index (κ3) is 3.74. The Hall–Kier alpha value is -2.27. The van der Waals surface area contributed by atoms with Crippen molar-refractivity contribution in [1.29, 1.82) is 0 Å². The zero-order chi connectivity index (χ0) is 16.2. The van der Waals surface area contributed by atoms with Crippen molar-refractivity contribution in [2.24, 2.45) is 5.92 Å². The minimum atomic E-state index is -0.0872. The van der Waals surface area contributed by atoms with Gasteiger partial charge in [0, 0.05) is 30.2 Å². The van der Waals surface area contributed by atoms with Crippen LogP contribution in [0.5, 0.6) is 0 Å². The molecular weight excluding hydrogens is 290 g/mol. The van der Waals surface area contributed by atoms with Crippen molar-refractivity contribution in [3.63, 3.8) is 0 Å². The Kier molecular flexibility index (Phi) is 4.67. The lowest BCUT2D eigenvalue weighted by Gasteiger charge is -2.19. The molecule has 1 fully saturated rings. The molecule has 1 N–H and O–H groups in total. The van der Waals surface area contributed by atoms with Crippen LogP contribution in [-0.2, 0) is 11.2 Å². The van der Waals surface area contributed by atoms with Crippen LogP contribution in [0.1, 0.15) is 27.2 Å². The monoisotopic (exact) mass is 311 g/mol. The summed E-state index contributed by atoms with van der Waals surface area (Å²) in [5.74, 6) is 0.191. The highest BCUT2D eigenvalue weighted by molar-refractivity contribution is 5.94. The summed E-state index contributed by atoms with van der Waals surface area (Å²) in [5.41, 5.74) is 3.78. The molecule has 23 heavy (non-hydrogen) atoms. The van der Waals surface area contributed by atoms with Crippen LogP contribution < -0.4 is 5.32 Å². The first-order valence-electron chi connectivity index (χ1n) is 7.84. The quantitative estimate of drug-likeness (QED) is 0.939. The molecule has 3 rings (SSSR count). The molecule has 5 heteroatoms. The SMILES string of the molecule is Cc1cc(C(=O)N[C@H]2COC[C@H]2Cc2ccncc2)cnc1C. The Bertz CT molecular complexity index is 688. The number of amides is 1. The minimum absolute atomic E-state index is 0.0253. The second-order valence-corrected chi connectivity index (χ2v) is 6.06. The van der Waals surface area contributed by atoms with Gasteiger partial charge in [-0.25, -0.2) is 0 Å². The van der Waals surface area contributed by atoms with E-state index in [1.54, 1.807) is 18.6 Å². The van der Waals surface area contributed by atoms with Crippen molar-refractivity contribution in [2.45, 2.75) is 26.3 Å². The van der Waals surface area contributed by atoms with Gasteiger partial charge in [0.1, 0.15) is 0 Å². The molecule has 1 saturated heterocycles. The van der Waals surface area contributed by atoms with Crippen molar-refractivity contribution < 1.29 is 9.53 Å². The number of carbonyl (C=O) groups is 1. The van der Waals surface area contributed by atoms with Gasteiger partial charge in [-0.05, 0) is 49.6 Å². The van der Waals surface area contributed by atoms with E-state index in [1.165, 1.54) is 5.56 Å². The molecule has 1 aliphatic heterocycles. The highest BCUT2D eigenvalue weighted by Gasteiger charge is 2.30. The standard InChI is InChI=1S/C18H21N3O2/c1-12-7-15(9-20-13(12)2)18(22)21-17-11-23-10-16(17)8-14-3-5-19-6-4-14/h3-7,9,16-17H,8,10-11H2,1-2H3,(H,21,22)/t16-,17+/m1/s1. The predicted molar refractivity (Wildman–Crippen MR) is 87.2 cm³/mol. The highest BCUT2D eigenvalue weighted by Crippen LogP contribution is 2.19. The Morgan fingerprint density at radius 3 is 2.83 bits per heavy atom. The van der Waals surface area contributed by atoms with E-state index >= 15 is 0 Å². The number of ether oxygens (including phenoxy) is 1. The average Bonchev–Trinajstić information content (AvgIpc) is 2.98. The lowest BCUT2D eigenvalue weighted by Crippen LogP contribution is -2.40. The van der Waals surface area contributed by atoms with Crippen LogP contribution in [0.2, 0.25) is 0 Å².